The van der Waals surface area contributed by atoms with Crippen LogP contribution in [0.1, 0.15) is 40.0 Å². The molecule has 1 aromatic carbocycles. The molecule has 8 nitrogen and oxygen atoms in total. The summed E-state index contributed by atoms with van der Waals surface area (Å²) in [5.74, 6) is -2.45. The first-order chi connectivity index (χ1) is 13.6. The maximum atomic E-state index is 12.8. The van der Waals surface area contributed by atoms with Gasteiger partial charge >= 0.3 is 11.9 Å². The van der Waals surface area contributed by atoms with Crippen LogP contribution in [-0.2, 0) is 38.7 Å². The zero-order chi connectivity index (χ0) is 21.3. The number of hydrogen-bond acceptors (Lipinski definition) is 8. The van der Waals surface area contributed by atoms with E-state index in [2.05, 4.69) is 4.74 Å². The number of rotatable bonds is 5. The van der Waals surface area contributed by atoms with Crippen LogP contribution in [0, 0.1) is 5.92 Å². The molecule has 0 amide bonds. The van der Waals surface area contributed by atoms with Crippen LogP contribution in [0.25, 0.3) is 0 Å². The number of carbonyl (C=O) groups excluding carboxylic acids is 2. The molecule has 2 fully saturated rings. The second-order valence-electron chi connectivity index (χ2n) is 7.95. The second-order valence-corrected chi connectivity index (χ2v) is 9.94. The SMILES string of the molecule is CCOC(=O)C(=O)OC1(C)CCC2CC1OO[C@@]2(C)CS(=O)(=O)c1ccccc1. The minimum Gasteiger partial charge on any atom is -0.458 e. The van der Waals surface area contributed by atoms with Gasteiger partial charge in [-0.2, -0.15) is 0 Å². The number of sulfone groups is 1. The van der Waals surface area contributed by atoms with Crippen molar-refractivity contribution in [3.63, 3.8) is 0 Å². The molecular weight excluding hydrogens is 400 g/mol. The minimum absolute atomic E-state index is 0.0734. The lowest BCUT2D eigenvalue weighted by molar-refractivity contribution is -0.441. The summed E-state index contributed by atoms with van der Waals surface area (Å²) in [5.41, 5.74) is -2.09. The van der Waals surface area contributed by atoms with Gasteiger partial charge < -0.3 is 9.47 Å². The third-order valence-corrected chi connectivity index (χ3v) is 7.68. The molecule has 1 aliphatic heterocycles. The van der Waals surface area contributed by atoms with E-state index in [1.807, 2.05) is 0 Å². The van der Waals surface area contributed by atoms with Crippen LogP contribution in [-0.4, -0.2) is 50.0 Å². The molecule has 1 aromatic rings. The molecule has 3 rings (SSSR count). The Morgan fingerprint density at radius 3 is 2.52 bits per heavy atom. The van der Waals surface area contributed by atoms with Crippen molar-refractivity contribution in [2.75, 3.05) is 12.4 Å². The van der Waals surface area contributed by atoms with Gasteiger partial charge in [0.05, 0.1) is 17.3 Å². The summed E-state index contributed by atoms with van der Waals surface area (Å²) in [6.45, 7) is 5.07. The average Bonchev–Trinajstić information content (AvgIpc) is 2.67. The Bertz CT molecular complexity index is 868. The number of carbonyl (C=O) groups is 2. The highest BCUT2D eigenvalue weighted by Crippen LogP contribution is 2.47. The topological polar surface area (TPSA) is 105 Å². The molecule has 29 heavy (non-hydrogen) atoms. The Balaban J connectivity index is 1.70. The lowest BCUT2D eigenvalue weighted by Crippen LogP contribution is -2.60. The summed E-state index contributed by atoms with van der Waals surface area (Å²) in [5, 5.41) is 0. The van der Waals surface area contributed by atoms with Crippen LogP contribution in [0.15, 0.2) is 35.2 Å². The number of esters is 2. The molecule has 1 heterocycles. The van der Waals surface area contributed by atoms with E-state index in [9.17, 15) is 18.0 Å². The summed E-state index contributed by atoms with van der Waals surface area (Å²) in [7, 11) is -3.57. The summed E-state index contributed by atoms with van der Waals surface area (Å²) < 4.78 is 35.7. The van der Waals surface area contributed by atoms with E-state index >= 15 is 0 Å². The van der Waals surface area contributed by atoms with Crippen LogP contribution < -0.4 is 0 Å². The number of benzene rings is 1. The fourth-order valence-corrected chi connectivity index (χ4v) is 5.75. The third kappa shape index (κ3) is 4.46. The maximum absolute atomic E-state index is 12.8. The van der Waals surface area contributed by atoms with Gasteiger partial charge in [-0.05, 0) is 58.1 Å². The highest BCUT2D eigenvalue weighted by atomic mass is 32.2. The Kier molecular flexibility index (Phi) is 6.03. The van der Waals surface area contributed by atoms with E-state index < -0.39 is 39.1 Å². The molecule has 4 atom stereocenters. The zero-order valence-corrected chi connectivity index (χ0v) is 17.6. The van der Waals surface area contributed by atoms with Crippen molar-refractivity contribution in [2.45, 2.75) is 62.2 Å². The molecule has 3 unspecified atom stereocenters. The first kappa shape index (κ1) is 21.7. The molecule has 0 spiro atoms. The fraction of sp³-hybridized carbons (Fsp3) is 0.600. The van der Waals surface area contributed by atoms with Gasteiger partial charge in [0.2, 0.25) is 0 Å². The first-order valence-corrected chi connectivity index (χ1v) is 11.3. The van der Waals surface area contributed by atoms with Crippen LogP contribution in [0.2, 0.25) is 0 Å². The maximum Gasteiger partial charge on any atom is 0.418 e. The highest BCUT2D eigenvalue weighted by molar-refractivity contribution is 7.91. The van der Waals surface area contributed by atoms with Gasteiger partial charge in [0, 0.05) is 0 Å². The van der Waals surface area contributed by atoms with Crippen molar-refractivity contribution < 1.29 is 37.3 Å². The summed E-state index contributed by atoms with van der Waals surface area (Å²) in [6.07, 6.45) is 0.825. The fourth-order valence-electron chi connectivity index (χ4n) is 3.97. The van der Waals surface area contributed by atoms with Gasteiger partial charge in [0.1, 0.15) is 17.3 Å². The number of ether oxygens (including phenoxy) is 2. The highest BCUT2D eigenvalue weighted by Gasteiger charge is 2.55. The van der Waals surface area contributed by atoms with Crippen molar-refractivity contribution in [3.05, 3.63) is 30.3 Å². The Labute approximate surface area is 170 Å². The van der Waals surface area contributed by atoms with E-state index in [0.717, 1.165) is 0 Å². The molecule has 1 aliphatic carbocycles. The molecule has 1 saturated carbocycles. The standard InChI is InChI=1S/C20H26O8S/c1-4-25-17(21)18(22)26-19(2)11-10-14-12-16(19)27-28-20(14,3)13-29(23,24)15-8-6-5-7-9-15/h5-9,14,16H,4,10-13H2,1-3H3/t14?,16?,19?,20-/m0/s1. The van der Waals surface area contributed by atoms with E-state index in [0.29, 0.717) is 19.3 Å². The van der Waals surface area contributed by atoms with Crippen LogP contribution in [0.5, 0.6) is 0 Å². The normalized spacial score (nSPS) is 31.7. The summed E-state index contributed by atoms with van der Waals surface area (Å²) in [6, 6.07) is 8.21. The molecule has 160 valence electrons. The van der Waals surface area contributed by atoms with Gasteiger partial charge in [-0.15, -0.1) is 0 Å². The van der Waals surface area contributed by atoms with Crippen molar-refractivity contribution in [3.8, 4) is 0 Å². The van der Waals surface area contributed by atoms with E-state index in [4.69, 9.17) is 14.5 Å². The lowest BCUT2D eigenvalue weighted by atomic mass is 9.71. The van der Waals surface area contributed by atoms with E-state index in [-0.39, 0.29) is 23.2 Å². The van der Waals surface area contributed by atoms with Crippen molar-refractivity contribution in [2.24, 2.45) is 5.92 Å². The first-order valence-electron chi connectivity index (χ1n) is 9.62. The molecular formula is C20H26O8S. The monoisotopic (exact) mass is 426 g/mol. The van der Waals surface area contributed by atoms with Gasteiger partial charge in [-0.25, -0.2) is 27.8 Å². The summed E-state index contributed by atoms with van der Waals surface area (Å²) in [4.78, 5) is 34.9. The zero-order valence-electron chi connectivity index (χ0n) is 16.8. The number of fused-ring (bicyclic) bond motifs is 2. The van der Waals surface area contributed by atoms with Crippen LogP contribution in [0.4, 0.5) is 0 Å². The predicted octanol–water partition coefficient (Wildman–Crippen LogP) is 2.21. The molecule has 2 aliphatic rings. The summed E-state index contributed by atoms with van der Waals surface area (Å²) >= 11 is 0. The second kappa shape index (κ2) is 8.04. The molecule has 9 heteroatoms. The molecule has 1 saturated heterocycles. The van der Waals surface area contributed by atoms with Crippen LogP contribution >= 0.6 is 0 Å². The Morgan fingerprint density at radius 2 is 1.86 bits per heavy atom. The Morgan fingerprint density at radius 1 is 1.17 bits per heavy atom. The van der Waals surface area contributed by atoms with Gasteiger partial charge in [-0.1, -0.05) is 18.2 Å². The van der Waals surface area contributed by atoms with E-state index in [1.165, 1.54) is 0 Å². The molecule has 2 bridgehead atoms. The third-order valence-electron chi connectivity index (χ3n) is 5.73. The van der Waals surface area contributed by atoms with Gasteiger partial charge in [0.25, 0.3) is 0 Å². The van der Waals surface area contributed by atoms with Gasteiger partial charge in [0.15, 0.2) is 9.84 Å². The minimum atomic E-state index is -3.57. The largest absolute Gasteiger partial charge is 0.458 e. The molecule has 0 aromatic heterocycles. The average molecular weight is 426 g/mol. The molecule has 0 radical (unpaired) electrons. The smallest absolute Gasteiger partial charge is 0.418 e. The molecule has 0 N–H and O–H groups in total. The van der Waals surface area contributed by atoms with Crippen molar-refractivity contribution >= 4 is 21.8 Å². The van der Waals surface area contributed by atoms with E-state index in [1.54, 1.807) is 51.1 Å². The number of hydrogen-bond donors (Lipinski definition) is 0. The predicted molar refractivity (Wildman–Crippen MR) is 101 cm³/mol. The van der Waals surface area contributed by atoms with Crippen molar-refractivity contribution in [1.29, 1.82) is 0 Å². The Hall–Kier alpha value is -1.97. The van der Waals surface area contributed by atoms with Crippen molar-refractivity contribution in [1.82, 2.24) is 0 Å². The van der Waals surface area contributed by atoms with Gasteiger partial charge in [-0.3, -0.25) is 0 Å². The lowest BCUT2D eigenvalue weighted by Gasteiger charge is -2.51. The van der Waals surface area contributed by atoms with Crippen LogP contribution in [0.3, 0.4) is 0 Å². The quantitative estimate of drug-likeness (QED) is 0.401.